The molecule has 7 nitrogen and oxygen atoms in total. The summed E-state index contributed by atoms with van der Waals surface area (Å²) in [6, 6.07) is -1.11. The number of aliphatic hydroxyl groups is 5. The molecular weight excluding hydrogens is 206 g/mol. The molecule has 1 saturated heterocycles. The maximum absolute atomic E-state index is 11.1. The second-order valence-electron chi connectivity index (χ2n) is 3.56. The molecule has 15 heavy (non-hydrogen) atoms. The largest absolute Gasteiger partial charge is 0.394 e. The van der Waals surface area contributed by atoms with Crippen LogP contribution in [0.4, 0.5) is 0 Å². The molecule has 0 bridgehead atoms. The average molecular weight is 221 g/mol. The SMILES string of the molecule is CC(=O)N1C(O)[C@H](O)[C@@H](O)[C@H](O)[C@H]1CO. The summed E-state index contributed by atoms with van der Waals surface area (Å²) in [5.41, 5.74) is 0. The summed E-state index contributed by atoms with van der Waals surface area (Å²) in [7, 11) is 0. The van der Waals surface area contributed by atoms with E-state index in [9.17, 15) is 25.2 Å². The molecule has 0 spiro atoms. The summed E-state index contributed by atoms with van der Waals surface area (Å²) >= 11 is 0. The van der Waals surface area contributed by atoms with Gasteiger partial charge in [0.05, 0.1) is 12.6 Å². The van der Waals surface area contributed by atoms with Crippen molar-refractivity contribution in [3.05, 3.63) is 0 Å². The third-order valence-corrected chi connectivity index (χ3v) is 2.59. The number of rotatable bonds is 1. The smallest absolute Gasteiger partial charge is 0.221 e. The molecule has 0 aromatic carbocycles. The minimum atomic E-state index is -1.65. The van der Waals surface area contributed by atoms with Crippen molar-refractivity contribution in [2.45, 2.75) is 37.5 Å². The van der Waals surface area contributed by atoms with Gasteiger partial charge in [-0.05, 0) is 0 Å². The van der Waals surface area contributed by atoms with E-state index in [1.165, 1.54) is 0 Å². The molecule has 0 aliphatic carbocycles. The Kier molecular flexibility index (Phi) is 3.63. The predicted octanol–water partition coefficient (Wildman–Crippen LogP) is -3.39. The Hall–Kier alpha value is -0.730. The van der Waals surface area contributed by atoms with Gasteiger partial charge in [0.15, 0.2) is 6.23 Å². The Labute approximate surface area is 86.2 Å². The Balaban J connectivity index is 2.97. The van der Waals surface area contributed by atoms with Crippen LogP contribution < -0.4 is 0 Å². The molecule has 1 rings (SSSR count). The lowest BCUT2D eigenvalue weighted by molar-refractivity contribution is -0.221. The highest BCUT2D eigenvalue weighted by atomic mass is 16.4. The molecule has 1 aliphatic heterocycles. The normalized spacial score (nSPS) is 41.7. The Bertz CT molecular complexity index is 247. The van der Waals surface area contributed by atoms with Crippen molar-refractivity contribution >= 4 is 5.91 Å². The van der Waals surface area contributed by atoms with E-state index < -0.39 is 43.1 Å². The van der Waals surface area contributed by atoms with E-state index in [1.807, 2.05) is 0 Å². The van der Waals surface area contributed by atoms with Crippen LogP contribution in [0.2, 0.25) is 0 Å². The molecule has 0 radical (unpaired) electrons. The molecule has 7 heteroatoms. The average Bonchev–Trinajstić information content (AvgIpc) is 2.19. The molecule has 1 unspecified atom stereocenters. The summed E-state index contributed by atoms with van der Waals surface area (Å²) in [5.74, 6) is -0.605. The first-order valence-corrected chi connectivity index (χ1v) is 4.53. The molecule has 5 N–H and O–H groups in total. The lowest BCUT2D eigenvalue weighted by Crippen LogP contribution is -2.68. The summed E-state index contributed by atoms with van der Waals surface area (Å²) in [6.07, 6.45) is -6.35. The van der Waals surface area contributed by atoms with Gasteiger partial charge in [0.1, 0.15) is 18.3 Å². The van der Waals surface area contributed by atoms with Gasteiger partial charge in [-0.3, -0.25) is 4.79 Å². The zero-order valence-electron chi connectivity index (χ0n) is 8.19. The van der Waals surface area contributed by atoms with Crippen LogP contribution in [0.25, 0.3) is 0 Å². The lowest BCUT2D eigenvalue weighted by Gasteiger charge is -2.45. The van der Waals surface area contributed by atoms with E-state index in [0.29, 0.717) is 0 Å². The van der Waals surface area contributed by atoms with Crippen molar-refractivity contribution < 1.29 is 30.3 Å². The van der Waals surface area contributed by atoms with Crippen molar-refractivity contribution in [1.82, 2.24) is 4.90 Å². The van der Waals surface area contributed by atoms with Gasteiger partial charge in [-0.2, -0.15) is 0 Å². The summed E-state index contributed by atoms with van der Waals surface area (Å²) in [5, 5.41) is 46.5. The molecule has 5 atom stereocenters. The quantitative estimate of drug-likeness (QED) is 0.315. The minimum Gasteiger partial charge on any atom is -0.394 e. The minimum absolute atomic E-state index is 0.605. The van der Waals surface area contributed by atoms with E-state index in [-0.39, 0.29) is 0 Å². The Morgan fingerprint density at radius 3 is 2.07 bits per heavy atom. The van der Waals surface area contributed by atoms with Crippen LogP contribution in [0.3, 0.4) is 0 Å². The first-order valence-electron chi connectivity index (χ1n) is 4.53. The number of hydrogen-bond acceptors (Lipinski definition) is 6. The van der Waals surface area contributed by atoms with E-state index in [1.54, 1.807) is 0 Å². The number of hydrogen-bond donors (Lipinski definition) is 5. The molecule has 0 aromatic heterocycles. The zero-order chi connectivity index (χ0) is 11.7. The fourth-order valence-corrected chi connectivity index (χ4v) is 1.75. The van der Waals surface area contributed by atoms with Gasteiger partial charge in [-0.25, -0.2) is 0 Å². The predicted molar refractivity (Wildman–Crippen MR) is 47.4 cm³/mol. The van der Waals surface area contributed by atoms with Crippen molar-refractivity contribution in [3.8, 4) is 0 Å². The van der Waals surface area contributed by atoms with Crippen LogP contribution in [0.15, 0.2) is 0 Å². The van der Waals surface area contributed by atoms with Gasteiger partial charge >= 0.3 is 0 Å². The highest BCUT2D eigenvalue weighted by Crippen LogP contribution is 2.23. The third kappa shape index (κ3) is 1.97. The Morgan fingerprint density at radius 2 is 1.67 bits per heavy atom. The summed E-state index contributed by atoms with van der Waals surface area (Å²) in [4.78, 5) is 11.9. The maximum atomic E-state index is 11.1. The fraction of sp³-hybridized carbons (Fsp3) is 0.875. The van der Waals surface area contributed by atoms with Crippen molar-refractivity contribution in [2.24, 2.45) is 0 Å². The van der Waals surface area contributed by atoms with Gasteiger partial charge in [-0.15, -0.1) is 0 Å². The molecule has 1 heterocycles. The van der Waals surface area contributed by atoms with Crippen LogP contribution in [0.1, 0.15) is 6.92 Å². The summed E-state index contributed by atoms with van der Waals surface area (Å²) in [6.45, 7) is 0.518. The highest BCUT2D eigenvalue weighted by Gasteiger charge is 2.47. The molecule has 0 aromatic rings. The highest BCUT2D eigenvalue weighted by molar-refractivity contribution is 5.74. The maximum Gasteiger partial charge on any atom is 0.221 e. The van der Waals surface area contributed by atoms with Crippen molar-refractivity contribution in [3.63, 3.8) is 0 Å². The van der Waals surface area contributed by atoms with E-state index >= 15 is 0 Å². The van der Waals surface area contributed by atoms with Gasteiger partial charge in [0, 0.05) is 6.92 Å². The summed E-state index contributed by atoms with van der Waals surface area (Å²) < 4.78 is 0. The van der Waals surface area contributed by atoms with E-state index in [0.717, 1.165) is 11.8 Å². The number of aliphatic hydroxyl groups excluding tert-OH is 5. The lowest BCUT2D eigenvalue weighted by atomic mass is 9.93. The van der Waals surface area contributed by atoms with Crippen LogP contribution in [-0.4, -0.2) is 73.5 Å². The van der Waals surface area contributed by atoms with Crippen LogP contribution in [0.5, 0.6) is 0 Å². The first kappa shape index (κ1) is 12.3. The number of carbonyl (C=O) groups is 1. The van der Waals surface area contributed by atoms with Gasteiger partial charge in [-0.1, -0.05) is 0 Å². The van der Waals surface area contributed by atoms with Crippen molar-refractivity contribution in [1.29, 1.82) is 0 Å². The monoisotopic (exact) mass is 221 g/mol. The molecular formula is C8H15NO6. The standard InChI is InChI=1S/C8H15NO6/c1-3(11)9-4(2-10)5(12)6(13)7(14)8(9)15/h4-8,10,12-15H,2H2,1H3/t4-,5-,6+,7-,8?/m1/s1. The fourth-order valence-electron chi connectivity index (χ4n) is 1.75. The molecule has 0 saturated carbocycles. The second-order valence-corrected chi connectivity index (χ2v) is 3.56. The Morgan fingerprint density at radius 1 is 1.13 bits per heavy atom. The number of likely N-dealkylation sites (tertiary alicyclic amines) is 1. The topological polar surface area (TPSA) is 121 Å². The van der Waals surface area contributed by atoms with Crippen LogP contribution in [-0.2, 0) is 4.79 Å². The first-order chi connectivity index (χ1) is 6.91. The number of carbonyl (C=O) groups excluding carboxylic acids is 1. The van der Waals surface area contributed by atoms with Gasteiger partial charge < -0.3 is 30.4 Å². The number of piperidine rings is 1. The van der Waals surface area contributed by atoms with Crippen molar-refractivity contribution in [2.75, 3.05) is 6.61 Å². The third-order valence-electron chi connectivity index (χ3n) is 2.59. The molecule has 1 fully saturated rings. The molecule has 1 amide bonds. The van der Waals surface area contributed by atoms with Crippen LogP contribution in [0, 0.1) is 0 Å². The number of amides is 1. The van der Waals surface area contributed by atoms with Gasteiger partial charge in [0.25, 0.3) is 0 Å². The van der Waals surface area contributed by atoms with Crippen LogP contribution >= 0.6 is 0 Å². The van der Waals surface area contributed by atoms with Gasteiger partial charge in [0.2, 0.25) is 5.91 Å². The van der Waals surface area contributed by atoms with E-state index in [2.05, 4.69) is 0 Å². The molecule has 1 aliphatic rings. The number of nitrogens with zero attached hydrogens (tertiary/aromatic N) is 1. The zero-order valence-corrected chi connectivity index (χ0v) is 8.19. The molecule has 88 valence electrons. The second kappa shape index (κ2) is 4.42. The van der Waals surface area contributed by atoms with E-state index in [4.69, 9.17) is 5.11 Å².